The van der Waals surface area contributed by atoms with Gasteiger partial charge in [0.15, 0.2) is 0 Å². The van der Waals surface area contributed by atoms with E-state index in [9.17, 15) is 18.0 Å². The van der Waals surface area contributed by atoms with Crippen LogP contribution in [0.5, 0.6) is 0 Å². The zero-order valence-electron chi connectivity index (χ0n) is 21.4. The summed E-state index contributed by atoms with van der Waals surface area (Å²) in [4.78, 5) is 28.2. The maximum atomic E-state index is 13.1. The van der Waals surface area contributed by atoms with Crippen molar-refractivity contribution in [2.24, 2.45) is 23.7 Å². The average Bonchev–Trinajstić information content (AvgIpc) is 2.87. The highest BCUT2D eigenvalue weighted by Gasteiger charge is 2.36. The van der Waals surface area contributed by atoms with E-state index in [2.05, 4.69) is 19.2 Å². The quantitative estimate of drug-likeness (QED) is 0.666. The predicted molar refractivity (Wildman–Crippen MR) is 136 cm³/mol. The third-order valence-corrected chi connectivity index (χ3v) is 10.6. The highest BCUT2D eigenvalue weighted by molar-refractivity contribution is 7.89. The van der Waals surface area contributed by atoms with Gasteiger partial charge in [-0.05, 0) is 63.0 Å². The molecule has 0 aromatic heterocycles. The Morgan fingerprint density at radius 2 is 1.46 bits per heavy atom. The van der Waals surface area contributed by atoms with E-state index in [1.165, 1.54) is 17.1 Å². The Balaban J connectivity index is 1.24. The predicted octanol–water partition coefficient (Wildman–Crippen LogP) is 3.58. The number of nitrogens with one attached hydrogen (secondary N) is 1. The molecule has 1 aromatic carbocycles. The van der Waals surface area contributed by atoms with Crippen LogP contribution >= 0.6 is 0 Å². The number of benzene rings is 1. The van der Waals surface area contributed by atoms with Gasteiger partial charge in [0.25, 0.3) is 0 Å². The van der Waals surface area contributed by atoms with Gasteiger partial charge in [-0.1, -0.05) is 44.4 Å². The molecule has 3 aliphatic rings. The second kappa shape index (κ2) is 11.0. The molecule has 194 valence electrons. The summed E-state index contributed by atoms with van der Waals surface area (Å²) in [6.45, 7) is 8.39. The molecule has 1 N–H and O–H groups in total. The van der Waals surface area contributed by atoms with E-state index in [1.54, 1.807) is 12.1 Å². The Labute approximate surface area is 210 Å². The summed E-state index contributed by atoms with van der Waals surface area (Å²) in [5.74, 6) is 1.25. The lowest BCUT2D eigenvalue weighted by atomic mass is 9.78. The number of aryl methyl sites for hydroxylation is 1. The maximum Gasteiger partial charge on any atom is 0.243 e. The molecule has 3 unspecified atom stereocenters. The molecule has 2 amide bonds. The van der Waals surface area contributed by atoms with Crippen molar-refractivity contribution in [3.63, 3.8) is 0 Å². The Kier molecular flexibility index (Phi) is 8.21. The molecule has 3 fully saturated rings. The van der Waals surface area contributed by atoms with Crippen LogP contribution in [0.4, 0.5) is 0 Å². The molecule has 4 rings (SSSR count). The van der Waals surface area contributed by atoms with Gasteiger partial charge in [-0.25, -0.2) is 8.42 Å². The van der Waals surface area contributed by atoms with Gasteiger partial charge in [-0.2, -0.15) is 4.31 Å². The van der Waals surface area contributed by atoms with Crippen LogP contribution in [0.3, 0.4) is 0 Å². The molecule has 8 heteroatoms. The molecular formula is C27H41N3O4S. The second-order valence-corrected chi connectivity index (χ2v) is 12.9. The second-order valence-electron chi connectivity index (χ2n) is 11.0. The SMILES string of the molecule is Cc1ccc(S(=O)(=O)N2CCC(C(=O)N3CCC(C(=O)NC4CCCC(C)C4C)CC3)CC2)cc1. The van der Waals surface area contributed by atoms with E-state index >= 15 is 0 Å². The number of likely N-dealkylation sites (tertiary alicyclic amines) is 1. The Bertz CT molecular complexity index is 994. The van der Waals surface area contributed by atoms with E-state index in [0.717, 1.165) is 12.0 Å². The summed E-state index contributed by atoms with van der Waals surface area (Å²) in [5, 5.41) is 3.31. The largest absolute Gasteiger partial charge is 0.353 e. The number of nitrogens with zero attached hydrogens (tertiary/aromatic N) is 2. The van der Waals surface area contributed by atoms with E-state index in [4.69, 9.17) is 0 Å². The molecule has 0 radical (unpaired) electrons. The van der Waals surface area contributed by atoms with Gasteiger partial charge in [-0.3, -0.25) is 9.59 Å². The van der Waals surface area contributed by atoms with Gasteiger partial charge in [-0.15, -0.1) is 0 Å². The van der Waals surface area contributed by atoms with Crippen molar-refractivity contribution in [1.29, 1.82) is 0 Å². The summed E-state index contributed by atoms with van der Waals surface area (Å²) >= 11 is 0. The van der Waals surface area contributed by atoms with Crippen molar-refractivity contribution in [2.75, 3.05) is 26.2 Å². The highest BCUT2D eigenvalue weighted by atomic mass is 32.2. The molecule has 1 aromatic rings. The van der Waals surface area contributed by atoms with Crippen molar-refractivity contribution in [3.8, 4) is 0 Å². The van der Waals surface area contributed by atoms with Crippen LogP contribution in [0.15, 0.2) is 29.2 Å². The van der Waals surface area contributed by atoms with E-state index in [-0.39, 0.29) is 29.7 Å². The van der Waals surface area contributed by atoms with Crippen LogP contribution in [-0.4, -0.2) is 61.7 Å². The van der Waals surface area contributed by atoms with Crippen molar-refractivity contribution < 1.29 is 18.0 Å². The number of rotatable bonds is 5. The summed E-state index contributed by atoms with van der Waals surface area (Å²) in [5.41, 5.74) is 1.02. The smallest absolute Gasteiger partial charge is 0.243 e. The van der Waals surface area contributed by atoms with Crippen molar-refractivity contribution in [2.45, 2.75) is 76.7 Å². The number of piperidine rings is 2. The zero-order chi connectivity index (χ0) is 25.2. The van der Waals surface area contributed by atoms with Crippen LogP contribution in [0.25, 0.3) is 0 Å². The lowest BCUT2D eigenvalue weighted by molar-refractivity contribution is -0.140. The summed E-state index contributed by atoms with van der Waals surface area (Å²) in [7, 11) is -3.53. The Morgan fingerprint density at radius 3 is 2.09 bits per heavy atom. The van der Waals surface area contributed by atoms with Crippen molar-refractivity contribution in [3.05, 3.63) is 29.8 Å². The fourth-order valence-corrected chi connectivity index (χ4v) is 7.38. The third kappa shape index (κ3) is 5.91. The lowest BCUT2D eigenvalue weighted by Crippen LogP contribution is -2.50. The first-order valence-electron chi connectivity index (χ1n) is 13.3. The highest BCUT2D eigenvalue weighted by Crippen LogP contribution is 2.31. The molecule has 2 saturated heterocycles. The first-order valence-corrected chi connectivity index (χ1v) is 14.8. The fraction of sp³-hybridized carbons (Fsp3) is 0.704. The van der Waals surface area contributed by atoms with Crippen LogP contribution in [0.1, 0.15) is 64.4 Å². The first kappa shape index (κ1) is 26.1. The number of amides is 2. The molecule has 3 atom stereocenters. The van der Waals surface area contributed by atoms with E-state index in [1.807, 2.05) is 24.0 Å². The minimum Gasteiger partial charge on any atom is -0.353 e. The molecule has 0 spiro atoms. The normalized spacial score (nSPS) is 27.5. The molecular weight excluding hydrogens is 462 g/mol. The average molecular weight is 504 g/mol. The Morgan fingerprint density at radius 1 is 0.857 bits per heavy atom. The van der Waals surface area contributed by atoms with Gasteiger partial charge in [0.05, 0.1) is 4.90 Å². The van der Waals surface area contributed by atoms with Gasteiger partial charge in [0.2, 0.25) is 21.8 Å². The van der Waals surface area contributed by atoms with Crippen molar-refractivity contribution >= 4 is 21.8 Å². The number of carbonyl (C=O) groups is 2. The van der Waals surface area contributed by atoms with Crippen molar-refractivity contribution in [1.82, 2.24) is 14.5 Å². The maximum absolute atomic E-state index is 13.1. The topological polar surface area (TPSA) is 86.8 Å². The minimum absolute atomic E-state index is 0.0232. The van der Waals surface area contributed by atoms with Crippen LogP contribution in [-0.2, 0) is 19.6 Å². The lowest BCUT2D eigenvalue weighted by Gasteiger charge is -2.38. The molecule has 35 heavy (non-hydrogen) atoms. The van der Waals surface area contributed by atoms with Gasteiger partial charge in [0.1, 0.15) is 0 Å². The third-order valence-electron chi connectivity index (χ3n) is 8.67. The van der Waals surface area contributed by atoms with Gasteiger partial charge >= 0.3 is 0 Å². The molecule has 0 bridgehead atoms. The molecule has 1 aliphatic carbocycles. The molecule has 7 nitrogen and oxygen atoms in total. The zero-order valence-corrected chi connectivity index (χ0v) is 22.2. The number of carbonyl (C=O) groups excluding carboxylic acids is 2. The summed E-state index contributed by atoms with van der Waals surface area (Å²) in [6.07, 6.45) is 5.97. The standard InChI is InChI=1S/C27H41N3O4S/c1-19-7-9-24(10-8-19)35(33,34)30-17-13-23(14-18-30)27(32)29-15-11-22(12-16-29)26(31)28-25-6-4-5-20(2)21(25)3/h7-10,20-23,25H,4-6,11-18H2,1-3H3,(H,28,31). The first-order chi connectivity index (χ1) is 16.7. The van der Waals surface area contributed by atoms with Crippen LogP contribution in [0.2, 0.25) is 0 Å². The van der Waals surface area contributed by atoms with Gasteiger partial charge < -0.3 is 10.2 Å². The molecule has 1 saturated carbocycles. The number of hydrogen-bond donors (Lipinski definition) is 1. The minimum atomic E-state index is -3.53. The summed E-state index contributed by atoms with van der Waals surface area (Å²) < 4.78 is 27.4. The fourth-order valence-electron chi connectivity index (χ4n) is 5.91. The van der Waals surface area contributed by atoms with Crippen LogP contribution < -0.4 is 5.32 Å². The van der Waals surface area contributed by atoms with Gasteiger partial charge in [0, 0.05) is 44.1 Å². The molecule has 2 heterocycles. The van der Waals surface area contributed by atoms with E-state index < -0.39 is 10.0 Å². The summed E-state index contributed by atoms with van der Waals surface area (Å²) in [6, 6.07) is 7.19. The number of sulfonamides is 1. The van der Waals surface area contributed by atoms with Crippen LogP contribution in [0, 0.1) is 30.6 Å². The molecule has 2 aliphatic heterocycles. The van der Waals surface area contributed by atoms with E-state index in [0.29, 0.717) is 68.6 Å². The Hall–Kier alpha value is -1.93. The number of hydrogen-bond acceptors (Lipinski definition) is 4. The monoisotopic (exact) mass is 503 g/mol.